The average molecular weight is 329 g/mol. The minimum atomic E-state index is -0.508. The zero-order valence-electron chi connectivity index (χ0n) is 10.4. The van der Waals surface area contributed by atoms with Gasteiger partial charge in [-0.25, -0.2) is 8.78 Å². The summed E-state index contributed by atoms with van der Waals surface area (Å²) >= 11 is 2.95. The fourth-order valence-electron chi connectivity index (χ4n) is 2.47. The zero-order valence-corrected chi connectivity index (χ0v) is 12.0. The molecular formula is C14H15BrF2N2. The van der Waals surface area contributed by atoms with E-state index in [4.69, 9.17) is 5.26 Å². The van der Waals surface area contributed by atoms with Crippen LogP contribution in [-0.2, 0) is 0 Å². The molecule has 0 spiro atoms. The second-order valence-electron chi connectivity index (χ2n) is 4.87. The average Bonchev–Trinajstić information content (AvgIpc) is 2.61. The quantitative estimate of drug-likeness (QED) is 0.635. The molecule has 1 aromatic rings. The predicted octanol–water partition coefficient (Wildman–Crippen LogP) is 4.61. The van der Waals surface area contributed by atoms with E-state index in [9.17, 15) is 8.78 Å². The lowest BCUT2D eigenvalue weighted by Crippen LogP contribution is -2.27. The SMILES string of the molecule is N#CC1CCCCCC1Nc1cc(F)c(Br)cc1F. The number of nitrogens with zero attached hydrogens (tertiary/aromatic N) is 1. The van der Waals surface area contributed by atoms with E-state index >= 15 is 0 Å². The molecule has 1 aliphatic rings. The van der Waals surface area contributed by atoms with E-state index in [1.165, 1.54) is 0 Å². The van der Waals surface area contributed by atoms with Crippen molar-refractivity contribution in [3.05, 3.63) is 28.2 Å². The fraction of sp³-hybridized carbons (Fsp3) is 0.500. The van der Waals surface area contributed by atoms with Gasteiger partial charge < -0.3 is 5.32 Å². The summed E-state index contributed by atoms with van der Waals surface area (Å²) in [5, 5.41) is 12.2. The van der Waals surface area contributed by atoms with Crippen LogP contribution in [0.5, 0.6) is 0 Å². The summed E-state index contributed by atoms with van der Waals surface area (Å²) in [6.07, 6.45) is 4.75. The molecule has 0 aliphatic heterocycles. The molecular weight excluding hydrogens is 314 g/mol. The van der Waals surface area contributed by atoms with Gasteiger partial charge in [-0.3, -0.25) is 0 Å². The van der Waals surface area contributed by atoms with Crippen LogP contribution in [0, 0.1) is 28.9 Å². The number of nitrogens with one attached hydrogen (secondary N) is 1. The first-order valence-corrected chi connectivity index (χ1v) is 7.22. The molecule has 0 amide bonds. The summed E-state index contributed by atoms with van der Waals surface area (Å²) in [5.41, 5.74) is 0.132. The van der Waals surface area contributed by atoms with Gasteiger partial charge in [0.1, 0.15) is 11.6 Å². The van der Waals surface area contributed by atoms with Crippen LogP contribution in [-0.4, -0.2) is 6.04 Å². The van der Waals surface area contributed by atoms with E-state index in [-0.39, 0.29) is 22.1 Å². The van der Waals surface area contributed by atoms with Crippen molar-refractivity contribution in [3.63, 3.8) is 0 Å². The van der Waals surface area contributed by atoms with Crippen molar-refractivity contribution in [1.29, 1.82) is 5.26 Å². The standard InChI is InChI=1S/C14H15BrF2N2/c15-10-6-12(17)14(7-11(10)16)19-13-5-3-1-2-4-9(13)8-18/h6-7,9,13,19H,1-5H2. The first kappa shape index (κ1) is 14.3. The Labute approximate surface area is 119 Å². The molecule has 19 heavy (non-hydrogen) atoms. The Bertz CT molecular complexity index is 499. The highest BCUT2D eigenvalue weighted by molar-refractivity contribution is 9.10. The van der Waals surface area contributed by atoms with Crippen molar-refractivity contribution in [2.45, 2.75) is 38.1 Å². The molecule has 2 nitrogen and oxygen atoms in total. The summed E-state index contributed by atoms with van der Waals surface area (Å²) in [4.78, 5) is 0. The van der Waals surface area contributed by atoms with E-state index in [2.05, 4.69) is 27.3 Å². The van der Waals surface area contributed by atoms with Gasteiger partial charge >= 0.3 is 0 Å². The van der Waals surface area contributed by atoms with Gasteiger partial charge in [0.05, 0.1) is 22.1 Å². The van der Waals surface area contributed by atoms with E-state index in [0.29, 0.717) is 0 Å². The second-order valence-corrected chi connectivity index (χ2v) is 5.72. The van der Waals surface area contributed by atoms with E-state index in [0.717, 1.165) is 44.2 Å². The van der Waals surface area contributed by atoms with Gasteiger partial charge in [0, 0.05) is 12.1 Å². The van der Waals surface area contributed by atoms with Gasteiger partial charge in [0.25, 0.3) is 0 Å². The zero-order chi connectivity index (χ0) is 13.8. The van der Waals surface area contributed by atoms with Gasteiger partial charge in [-0.2, -0.15) is 5.26 Å². The van der Waals surface area contributed by atoms with E-state index in [1.807, 2.05) is 0 Å². The van der Waals surface area contributed by atoms with E-state index < -0.39 is 11.6 Å². The summed E-state index contributed by atoms with van der Waals surface area (Å²) in [6.45, 7) is 0. The van der Waals surface area contributed by atoms with Crippen molar-refractivity contribution >= 4 is 21.6 Å². The molecule has 2 unspecified atom stereocenters. The minimum Gasteiger partial charge on any atom is -0.379 e. The molecule has 1 saturated carbocycles. The number of rotatable bonds is 2. The maximum atomic E-state index is 13.8. The summed E-state index contributed by atoms with van der Waals surface area (Å²) in [6, 6.07) is 4.41. The second kappa shape index (κ2) is 6.33. The Morgan fingerprint density at radius 2 is 1.89 bits per heavy atom. The van der Waals surface area contributed by atoms with Crippen LogP contribution >= 0.6 is 15.9 Å². The van der Waals surface area contributed by atoms with Crippen LogP contribution < -0.4 is 5.32 Å². The number of nitriles is 1. The molecule has 1 aromatic carbocycles. The highest BCUT2D eigenvalue weighted by Gasteiger charge is 2.24. The van der Waals surface area contributed by atoms with Crippen molar-refractivity contribution < 1.29 is 8.78 Å². The number of benzene rings is 1. The highest BCUT2D eigenvalue weighted by Crippen LogP contribution is 2.29. The third-order valence-electron chi connectivity index (χ3n) is 3.53. The van der Waals surface area contributed by atoms with Gasteiger partial charge in [-0.15, -0.1) is 0 Å². The van der Waals surface area contributed by atoms with Crippen LogP contribution in [0.4, 0.5) is 14.5 Å². The molecule has 1 N–H and O–H groups in total. The largest absolute Gasteiger partial charge is 0.379 e. The molecule has 0 radical (unpaired) electrons. The monoisotopic (exact) mass is 328 g/mol. The Kier molecular flexibility index (Phi) is 4.76. The first-order chi connectivity index (χ1) is 9.11. The minimum absolute atomic E-state index is 0.105. The van der Waals surface area contributed by atoms with Gasteiger partial charge in [-0.05, 0) is 34.8 Å². The van der Waals surface area contributed by atoms with Crippen molar-refractivity contribution in [2.24, 2.45) is 5.92 Å². The Morgan fingerprint density at radius 3 is 2.63 bits per heavy atom. The number of anilines is 1. The normalized spacial score (nSPS) is 23.5. The number of hydrogen-bond donors (Lipinski definition) is 1. The van der Waals surface area contributed by atoms with Crippen molar-refractivity contribution in [3.8, 4) is 6.07 Å². The summed E-state index contributed by atoms with van der Waals surface area (Å²) in [5.74, 6) is -1.16. The van der Waals surface area contributed by atoms with Crippen molar-refractivity contribution in [1.82, 2.24) is 0 Å². The molecule has 0 saturated heterocycles. The van der Waals surface area contributed by atoms with Crippen LogP contribution in [0.25, 0.3) is 0 Å². The lowest BCUT2D eigenvalue weighted by atomic mass is 9.96. The maximum absolute atomic E-state index is 13.8. The van der Waals surface area contributed by atoms with Crippen LogP contribution in [0.15, 0.2) is 16.6 Å². The van der Waals surface area contributed by atoms with Crippen LogP contribution in [0.2, 0.25) is 0 Å². The Morgan fingerprint density at radius 1 is 1.16 bits per heavy atom. The lowest BCUT2D eigenvalue weighted by molar-refractivity contribution is 0.508. The lowest BCUT2D eigenvalue weighted by Gasteiger charge is -2.22. The smallest absolute Gasteiger partial charge is 0.147 e. The fourth-order valence-corrected chi connectivity index (χ4v) is 2.78. The van der Waals surface area contributed by atoms with Crippen molar-refractivity contribution in [2.75, 3.05) is 5.32 Å². The molecule has 2 rings (SSSR count). The molecule has 1 aliphatic carbocycles. The number of hydrogen-bond acceptors (Lipinski definition) is 2. The van der Waals surface area contributed by atoms with Gasteiger partial charge in [-0.1, -0.05) is 19.3 Å². The third kappa shape index (κ3) is 3.44. The molecule has 2 atom stereocenters. The highest BCUT2D eigenvalue weighted by atomic mass is 79.9. The Hall–Kier alpha value is -1.15. The predicted molar refractivity (Wildman–Crippen MR) is 73.7 cm³/mol. The molecule has 102 valence electrons. The molecule has 0 heterocycles. The molecule has 0 aromatic heterocycles. The van der Waals surface area contributed by atoms with Crippen LogP contribution in [0.1, 0.15) is 32.1 Å². The summed E-state index contributed by atoms with van der Waals surface area (Å²) < 4.78 is 27.3. The topological polar surface area (TPSA) is 35.8 Å². The number of halogens is 3. The Balaban J connectivity index is 2.19. The van der Waals surface area contributed by atoms with Gasteiger partial charge in [0.2, 0.25) is 0 Å². The molecule has 0 bridgehead atoms. The summed E-state index contributed by atoms with van der Waals surface area (Å²) in [7, 11) is 0. The first-order valence-electron chi connectivity index (χ1n) is 6.42. The third-order valence-corrected chi connectivity index (χ3v) is 4.14. The molecule has 1 fully saturated rings. The van der Waals surface area contributed by atoms with E-state index in [1.54, 1.807) is 0 Å². The van der Waals surface area contributed by atoms with Crippen LogP contribution in [0.3, 0.4) is 0 Å². The molecule has 5 heteroatoms. The maximum Gasteiger partial charge on any atom is 0.147 e. The van der Waals surface area contributed by atoms with Gasteiger partial charge in [0.15, 0.2) is 0 Å².